The van der Waals surface area contributed by atoms with Crippen molar-refractivity contribution in [3.63, 3.8) is 0 Å². The molecule has 0 saturated heterocycles. The van der Waals surface area contributed by atoms with Gasteiger partial charge in [-0.3, -0.25) is 9.59 Å². The predicted molar refractivity (Wildman–Crippen MR) is 103 cm³/mol. The normalized spacial score (nSPS) is 12.3. The van der Waals surface area contributed by atoms with E-state index in [-0.39, 0.29) is 18.0 Å². The standard InChI is InChI=1S/C19H23N3O4S/c1-13-6-8-14(9-7-13)19(22-18(24)12-21-17(23)11-20)15-4-3-5-16(10-15)27(2,25)26/h3-10,19H,11-12,20H2,1-2H3,(H,21,23)(H,22,24). The number of hydrogen-bond donors (Lipinski definition) is 3. The van der Waals surface area contributed by atoms with Crippen molar-refractivity contribution in [2.45, 2.75) is 17.9 Å². The van der Waals surface area contributed by atoms with Crippen LogP contribution in [0, 0.1) is 6.92 Å². The van der Waals surface area contributed by atoms with E-state index in [2.05, 4.69) is 10.6 Å². The van der Waals surface area contributed by atoms with Crippen LogP contribution in [0.15, 0.2) is 53.4 Å². The van der Waals surface area contributed by atoms with Crippen molar-refractivity contribution in [3.8, 4) is 0 Å². The maximum atomic E-state index is 12.3. The number of carbonyl (C=O) groups excluding carboxylic acids is 2. The van der Waals surface area contributed by atoms with Crippen LogP contribution in [0.25, 0.3) is 0 Å². The van der Waals surface area contributed by atoms with Crippen LogP contribution >= 0.6 is 0 Å². The molecule has 1 atom stereocenters. The van der Waals surface area contributed by atoms with E-state index in [0.29, 0.717) is 5.56 Å². The van der Waals surface area contributed by atoms with Gasteiger partial charge in [-0.1, -0.05) is 42.0 Å². The predicted octanol–water partition coefficient (Wildman–Crippen LogP) is 0.679. The lowest BCUT2D eigenvalue weighted by atomic mass is 9.97. The van der Waals surface area contributed by atoms with Gasteiger partial charge < -0.3 is 16.4 Å². The number of aryl methyl sites for hydroxylation is 1. The van der Waals surface area contributed by atoms with E-state index in [1.807, 2.05) is 31.2 Å². The second-order valence-electron chi connectivity index (χ2n) is 6.24. The molecular weight excluding hydrogens is 366 g/mol. The third-order valence-corrected chi connectivity index (χ3v) is 5.08. The first kappa shape index (κ1) is 20.6. The van der Waals surface area contributed by atoms with Crippen molar-refractivity contribution in [2.24, 2.45) is 5.73 Å². The van der Waals surface area contributed by atoms with Crippen molar-refractivity contribution in [2.75, 3.05) is 19.3 Å². The van der Waals surface area contributed by atoms with Crippen LogP contribution in [-0.4, -0.2) is 39.6 Å². The molecule has 7 nitrogen and oxygen atoms in total. The summed E-state index contributed by atoms with van der Waals surface area (Å²) in [6, 6.07) is 13.4. The maximum absolute atomic E-state index is 12.3. The first-order chi connectivity index (χ1) is 12.7. The maximum Gasteiger partial charge on any atom is 0.240 e. The van der Waals surface area contributed by atoms with Crippen molar-refractivity contribution in [1.82, 2.24) is 10.6 Å². The fraction of sp³-hybridized carbons (Fsp3) is 0.263. The van der Waals surface area contributed by atoms with Gasteiger partial charge in [-0.25, -0.2) is 8.42 Å². The molecule has 144 valence electrons. The molecule has 0 spiro atoms. The van der Waals surface area contributed by atoms with E-state index in [1.54, 1.807) is 18.2 Å². The summed E-state index contributed by atoms with van der Waals surface area (Å²) in [5.74, 6) is -0.844. The summed E-state index contributed by atoms with van der Waals surface area (Å²) < 4.78 is 23.7. The minimum absolute atomic E-state index is 0.169. The smallest absolute Gasteiger partial charge is 0.240 e. The van der Waals surface area contributed by atoms with Crippen LogP contribution in [0.1, 0.15) is 22.7 Å². The summed E-state index contributed by atoms with van der Waals surface area (Å²) in [6.07, 6.45) is 1.13. The summed E-state index contributed by atoms with van der Waals surface area (Å²) in [6.45, 7) is 1.53. The average Bonchev–Trinajstić information content (AvgIpc) is 2.64. The zero-order valence-electron chi connectivity index (χ0n) is 15.2. The van der Waals surface area contributed by atoms with Crippen molar-refractivity contribution in [3.05, 3.63) is 65.2 Å². The van der Waals surface area contributed by atoms with Gasteiger partial charge in [0.1, 0.15) is 0 Å². The van der Waals surface area contributed by atoms with E-state index in [1.165, 1.54) is 6.07 Å². The van der Waals surface area contributed by atoms with E-state index >= 15 is 0 Å². The van der Waals surface area contributed by atoms with Gasteiger partial charge in [-0.15, -0.1) is 0 Å². The Morgan fingerprint density at radius 2 is 1.70 bits per heavy atom. The Morgan fingerprint density at radius 1 is 1.04 bits per heavy atom. The van der Waals surface area contributed by atoms with Crippen LogP contribution < -0.4 is 16.4 Å². The molecule has 4 N–H and O–H groups in total. The Morgan fingerprint density at radius 3 is 2.30 bits per heavy atom. The molecule has 0 heterocycles. The van der Waals surface area contributed by atoms with Crippen molar-refractivity contribution < 1.29 is 18.0 Å². The number of carbonyl (C=O) groups is 2. The fourth-order valence-electron chi connectivity index (χ4n) is 2.51. The van der Waals surface area contributed by atoms with Gasteiger partial charge in [0.05, 0.1) is 24.0 Å². The molecule has 1 unspecified atom stereocenters. The highest BCUT2D eigenvalue weighted by Crippen LogP contribution is 2.24. The quantitative estimate of drug-likeness (QED) is 0.643. The van der Waals surface area contributed by atoms with Gasteiger partial charge in [0.2, 0.25) is 11.8 Å². The number of hydrogen-bond acceptors (Lipinski definition) is 5. The highest BCUT2D eigenvalue weighted by Gasteiger charge is 2.19. The number of amides is 2. The molecule has 0 aliphatic rings. The van der Waals surface area contributed by atoms with E-state index < -0.39 is 27.7 Å². The third kappa shape index (κ3) is 5.90. The number of sulfone groups is 1. The van der Waals surface area contributed by atoms with Gasteiger partial charge >= 0.3 is 0 Å². The molecule has 0 radical (unpaired) electrons. The second kappa shape index (κ2) is 8.79. The number of benzene rings is 2. The lowest BCUT2D eigenvalue weighted by Gasteiger charge is -2.21. The number of rotatable bonds is 7. The number of nitrogens with one attached hydrogen (secondary N) is 2. The Hall–Kier alpha value is -2.71. The summed E-state index contributed by atoms with van der Waals surface area (Å²) in [4.78, 5) is 23.7. The summed E-state index contributed by atoms with van der Waals surface area (Å²) in [5, 5.41) is 5.25. The molecule has 27 heavy (non-hydrogen) atoms. The Kier molecular flexibility index (Phi) is 6.70. The number of nitrogens with two attached hydrogens (primary N) is 1. The largest absolute Gasteiger partial charge is 0.346 e. The monoisotopic (exact) mass is 389 g/mol. The zero-order chi connectivity index (χ0) is 20.0. The van der Waals surface area contributed by atoms with Gasteiger partial charge in [-0.2, -0.15) is 0 Å². The highest BCUT2D eigenvalue weighted by molar-refractivity contribution is 7.90. The molecule has 0 fully saturated rings. The van der Waals surface area contributed by atoms with E-state index in [4.69, 9.17) is 5.73 Å². The minimum Gasteiger partial charge on any atom is -0.346 e. The zero-order valence-corrected chi connectivity index (χ0v) is 16.0. The molecule has 2 aromatic rings. The van der Waals surface area contributed by atoms with Gasteiger partial charge in [0.15, 0.2) is 9.84 Å². The lowest BCUT2D eigenvalue weighted by molar-refractivity contribution is -0.125. The minimum atomic E-state index is -3.38. The topological polar surface area (TPSA) is 118 Å². The molecular formula is C19H23N3O4S. The molecule has 2 rings (SSSR count). The van der Waals surface area contributed by atoms with Crippen molar-refractivity contribution in [1.29, 1.82) is 0 Å². The molecule has 0 aliphatic heterocycles. The fourth-order valence-corrected chi connectivity index (χ4v) is 3.18. The van der Waals surface area contributed by atoms with Crippen LogP contribution in [0.4, 0.5) is 0 Å². The average molecular weight is 389 g/mol. The molecule has 0 aliphatic carbocycles. The molecule has 0 saturated carbocycles. The van der Waals surface area contributed by atoms with Gasteiger partial charge in [-0.05, 0) is 30.2 Å². The van der Waals surface area contributed by atoms with Gasteiger partial charge in [0.25, 0.3) is 0 Å². The van der Waals surface area contributed by atoms with E-state index in [9.17, 15) is 18.0 Å². The first-order valence-corrected chi connectivity index (χ1v) is 10.2. The first-order valence-electron chi connectivity index (χ1n) is 8.33. The SMILES string of the molecule is Cc1ccc(C(NC(=O)CNC(=O)CN)c2cccc(S(C)(=O)=O)c2)cc1. The highest BCUT2D eigenvalue weighted by atomic mass is 32.2. The van der Waals surface area contributed by atoms with Crippen LogP contribution in [-0.2, 0) is 19.4 Å². The second-order valence-corrected chi connectivity index (χ2v) is 8.25. The van der Waals surface area contributed by atoms with E-state index in [0.717, 1.165) is 17.4 Å². The lowest BCUT2D eigenvalue weighted by Crippen LogP contribution is -2.41. The van der Waals surface area contributed by atoms with Crippen LogP contribution in [0.2, 0.25) is 0 Å². The Bertz CT molecular complexity index is 924. The molecule has 2 amide bonds. The molecule has 2 aromatic carbocycles. The van der Waals surface area contributed by atoms with Gasteiger partial charge in [0, 0.05) is 6.26 Å². The molecule has 0 aromatic heterocycles. The van der Waals surface area contributed by atoms with Crippen molar-refractivity contribution >= 4 is 21.7 Å². The summed E-state index contributed by atoms with van der Waals surface area (Å²) >= 11 is 0. The summed E-state index contributed by atoms with van der Waals surface area (Å²) in [7, 11) is -3.38. The molecule has 8 heteroatoms. The van der Waals surface area contributed by atoms with Crippen LogP contribution in [0.5, 0.6) is 0 Å². The Balaban J connectivity index is 2.34. The summed E-state index contributed by atoms with van der Waals surface area (Å²) in [5.41, 5.74) is 7.69. The molecule has 0 bridgehead atoms. The Labute approximate surface area is 158 Å². The third-order valence-electron chi connectivity index (χ3n) is 3.97. The van der Waals surface area contributed by atoms with Crippen LogP contribution in [0.3, 0.4) is 0 Å².